The predicted molar refractivity (Wildman–Crippen MR) is 116 cm³/mol. The number of carbonyl (C=O) groups excluding carboxylic acids is 1. The summed E-state index contributed by atoms with van der Waals surface area (Å²) in [7, 11) is 1.64. The first-order valence-corrected chi connectivity index (χ1v) is 10.6. The third-order valence-electron chi connectivity index (χ3n) is 4.68. The summed E-state index contributed by atoms with van der Waals surface area (Å²) in [5, 5.41) is 12.2. The zero-order valence-electron chi connectivity index (χ0n) is 17.2. The largest absolute Gasteiger partial charge is 0.497 e. The molecule has 0 saturated carbocycles. The number of methoxy groups -OCH3 is 1. The Labute approximate surface area is 175 Å². The van der Waals surface area contributed by atoms with Gasteiger partial charge >= 0.3 is 0 Å². The summed E-state index contributed by atoms with van der Waals surface area (Å²) in [5.74, 6) is 1.81. The Bertz CT molecular complexity index is 952. The lowest BCUT2D eigenvalue weighted by Gasteiger charge is -2.17. The van der Waals surface area contributed by atoms with E-state index in [2.05, 4.69) is 53.6 Å². The summed E-state index contributed by atoms with van der Waals surface area (Å²) in [5.41, 5.74) is 3.26. The number of aryl methyl sites for hydroxylation is 2. The lowest BCUT2D eigenvalue weighted by molar-refractivity contribution is -0.119. The Morgan fingerprint density at radius 1 is 1.10 bits per heavy atom. The van der Waals surface area contributed by atoms with Crippen LogP contribution in [-0.4, -0.2) is 33.5 Å². The van der Waals surface area contributed by atoms with Gasteiger partial charge in [-0.05, 0) is 50.1 Å². The van der Waals surface area contributed by atoms with E-state index < -0.39 is 0 Å². The van der Waals surface area contributed by atoms with E-state index in [1.54, 1.807) is 7.11 Å². The lowest BCUT2D eigenvalue weighted by Crippen LogP contribution is -2.29. The first kappa shape index (κ1) is 20.9. The number of carbonyl (C=O) groups is 1. The molecule has 0 fully saturated rings. The Hall–Kier alpha value is -2.80. The molecular weight excluding hydrogens is 384 g/mol. The fourth-order valence-electron chi connectivity index (χ4n) is 3.05. The van der Waals surface area contributed by atoms with E-state index >= 15 is 0 Å². The van der Waals surface area contributed by atoms with Gasteiger partial charge in [-0.25, -0.2) is 0 Å². The molecule has 29 heavy (non-hydrogen) atoms. The van der Waals surface area contributed by atoms with Crippen LogP contribution in [0.15, 0.2) is 53.7 Å². The van der Waals surface area contributed by atoms with Crippen molar-refractivity contribution < 1.29 is 9.53 Å². The van der Waals surface area contributed by atoms with Crippen LogP contribution in [0.25, 0.3) is 5.69 Å². The number of hydrogen-bond donors (Lipinski definition) is 1. The molecule has 2 aromatic carbocycles. The smallest absolute Gasteiger partial charge is 0.230 e. The van der Waals surface area contributed by atoms with Gasteiger partial charge in [-0.3, -0.25) is 9.36 Å². The molecule has 0 aliphatic rings. The molecule has 0 aliphatic heterocycles. The number of amides is 1. The van der Waals surface area contributed by atoms with Crippen LogP contribution in [0.5, 0.6) is 5.75 Å². The fourth-order valence-corrected chi connectivity index (χ4v) is 3.86. The zero-order chi connectivity index (χ0) is 20.8. The van der Waals surface area contributed by atoms with E-state index in [9.17, 15) is 4.79 Å². The highest BCUT2D eigenvalue weighted by Crippen LogP contribution is 2.24. The van der Waals surface area contributed by atoms with Crippen LogP contribution in [0, 0.1) is 13.8 Å². The summed E-state index contributed by atoms with van der Waals surface area (Å²) >= 11 is 1.38. The van der Waals surface area contributed by atoms with Crippen LogP contribution in [-0.2, 0) is 4.79 Å². The van der Waals surface area contributed by atoms with Crippen molar-refractivity contribution in [2.24, 2.45) is 0 Å². The van der Waals surface area contributed by atoms with E-state index in [-0.39, 0.29) is 17.7 Å². The molecular formula is C22H26N4O2S. The first-order valence-electron chi connectivity index (χ1n) is 9.57. The van der Waals surface area contributed by atoms with Crippen LogP contribution >= 0.6 is 11.8 Å². The van der Waals surface area contributed by atoms with Crippen LogP contribution in [0.2, 0.25) is 0 Å². The van der Waals surface area contributed by atoms with Crippen molar-refractivity contribution in [3.8, 4) is 11.4 Å². The highest BCUT2D eigenvalue weighted by atomic mass is 32.2. The molecule has 1 heterocycles. The molecule has 1 aromatic heterocycles. The van der Waals surface area contributed by atoms with Crippen molar-refractivity contribution in [2.75, 3.05) is 12.9 Å². The van der Waals surface area contributed by atoms with Crippen molar-refractivity contribution >= 4 is 17.7 Å². The molecule has 7 heteroatoms. The standard InChI is InChI=1S/C22H26N4O2S/c1-5-20(17-8-6-15(2)7-9-17)23-21(27)14-29-22-25-24-16(3)26(22)18-10-12-19(28-4)13-11-18/h6-13,20H,5,14H2,1-4H3,(H,23,27). The van der Waals surface area contributed by atoms with Crippen LogP contribution in [0.1, 0.15) is 36.3 Å². The van der Waals surface area contributed by atoms with Gasteiger partial charge in [0.1, 0.15) is 11.6 Å². The third-order valence-corrected chi connectivity index (χ3v) is 5.61. The molecule has 0 bridgehead atoms. The second-order valence-corrected chi connectivity index (χ2v) is 7.73. The summed E-state index contributed by atoms with van der Waals surface area (Å²) in [4.78, 5) is 12.6. The molecule has 1 N–H and O–H groups in total. The molecule has 1 atom stereocenters. The average Bonchev–Trinajstić information content (AvgIpc) is 3.11. The number of ether oxygens (including phenoxy) is 1. The molecule has 0 spiro atoms. The van der Waals surface area contributed by atoms with E-state index in [1.165, 1.54) is 17.3 Å². The molecule has 0 aliphatic carbocycles. The minimum absolute atomic E-state index is 0.00453. The molecule has 152 valence electrons. The first-order chi connectivity index (χ1) is 14.0. The number of aromatic nitrogens is 3. The number of thioether (sulfide) groups is 1. The number of benzene rings is 2. The topological polar surface area (TPSA) is 69.0 Å². The Balaban J connectivity index is 1.66. The van der Waals surface area contributed by atoms with Gasteiger partial charge < -0.3 is 10.1 Å². The van der Waals surface area contributed by atoms with Crippen LogP contribution in [0.3, 0.4) is 0 Å². The Morgan fingerprint density at radius 3 is 2.41 bits per heavy atom. The van der Waals surface area contributed by atoms with Crippen molar-refractivity contribution in [1.29, 1.82) is 0 Å². The summed E-state index contributed by atoms with van der Waals surface area (Å²) < 4.78 is 7.16. The Morgan fingerprint density at radius 2 is 1.79 bits per heavy atom. The maximum atomic E-state index is 12.6. The van der Waals surface area contributed by atoms with E-state index in [0.29, 0.717) is 5.16 Å². The Kier molecular flexibility index (Phi) is 6.93. The van der Waals surface area contributed by atoms with Crippen molar-refractivity contribution in [3.63, 3.8) is 0 Å². The third kappa shape index (κ3) is 5.17. The molecule has 0 radical (unpaired) electrons. The van der Waals surface area contributed by atoms with Crippen molar-refractivity contribution in [3.05, 3.63) is 65.5 Å². The minimum atomic E-state index is -0.0237. The number of nitrogens with zero attached hydrogens (tertiary/aromatic N) is 3. The molecule has 0 saturated heterocycles. The quantitative estimate of drug-likeness (QED) is 0.562. The van der Waals surface area contributed by atoms with Gasteiger partial charge in [0.2, 0.25) is 5.91 Å². The predicted octanol–water partition coefficient (Wildman–Crippen LogP) is 4.25. The highest BCUT2D eigenvalue weighted by Gasteiger charge is 2.16. The lowest BCUT2D eigenvalue weighted by atomic mass is 10.0. The summed E-state index contributed by atoms with van der Waals surface area (Å²) in [6, 6.07) is 16.0. The fraction of sp³-hybridized carbons (Fsp3) is 0.318. The van der Waals surface area contributed by atoms with Crippen molar-refractivity contribution in [2.45, 2.75) is 38.4 Å². The normalized spacial score (nSPS) is 11.9. The molecule has 3 rings (SSSR count). The number of rotatable bonds is 8. The SMILES string of the molecule is CCC(NC(=O)CSc1nnc(C)n1-c1ccc(OC)cc1)c1ccc(C)cc1. The number of nitrogens with one attached hydrogen (secondary N) is 1. The van der Waals surface area contributed by atoms with Gasteiger partial charge in [0.15, 0.2) is 5.16 Å². The minimum Gasteiger partial charge on any atom is -0.497 e. The van der Waals surface area contributed by atoms with Gasteiger partial charge in [-0.15, -0.1) is 10.2 Å². The van der Waals surface area contributed by atoms with Gasteiger partial charge in [0, 0.05) is 5.69 Å². The van der Waals surface area contributed by atoms with E-state index in [1.807, 2.05) is 35.8 Å². The van der Waals surface area contributed by atoms with Gasteiger partial charge in [0.25, 0.3) is 0 Å². The zero-order valence-corrected chi connectivity index (χ0v) is 18.0. The van der Waals surface area contributed by atoms with E-state index in [4.69, 9.17) is 4.74 Å². The van der Waals surface area contributed by atoms with Crippen LogP contribution < -0.4 is 10.1 Å². The van der Waals surface area contributed by atoms with Gasteiger partial charge in [-0.2, -0.15) is 0 Å². The van der Waals surface area contributed by atoms with Crippen LogP contribution in [0.4, 0.5) is 0 Å². The number of hydrogen-bond acceptors (Lipinski definition) is 5. The second kappa shape index (κ2) is 9.60. The van der Waals surface area contributed by atoms with Gasteiger partial charge in [0.05, 0.1) is 18.9 Å². The summed E-state index contributed by atoms with van der Waals surface area (Å²) in [6.07, 6.45) is 0.834. The maximum Gasteiger partial charge on any atom is 0.230 e. The second-order valence-electron chi connectivity index (χ2n) is 6.79. The maximum absolute atomic E-state index is 12.6. The molecule has 1 amide bonds. The highest BCUT2D eigenvalue weighted by molar-refractivity contribution is 7.99. The summed E-state index contributed by atoms with van der Waals surface area (Å²) in [6.45, 7) is 6.02. The average molecular weight is 411 g/mol. The van der Waals surface area contributed by atoms with Gasteiger partial charge in [-0.1, -0.05) is 48.5 Å². The molecule has 6 nitrogen and oxygen atoms in total. The van der Waals surface area contributed by atoms with E-state index in [0.717, 1.165) is 29.2 Å². The monoisotopic (exact) mass is 410 g/mol. The van der Waals surface area contributed by atoms with Crippen molar-refractivity contribution in [1.82, 2.24) is 20.1 Å². The molecule has 3 aromatic rings. The molecule has 1 unspecified atom stereocenters.